The van der Waals surface area contributed by atoms with E-state index in [9.17, 15) is 4.79 Å². The van der Waals surface area contributed by atoms with Gasteiger partial charge in [0.05, 0.1) is 12.2 Å². The molecule has 0 saturated carbocycles. The van der Waals surface area contributed by atoms with E-state index < -0.39 is 5.97 Å². The van der Waals surface area contributed by atoms with Crippen LogP contribution < -0.4 is 5.32 Å². The third-order valence-electron chi connectivity index (χ3n) is 4.64. The molecule has 0 amide bonds. The lowest BCUT2D eigenvalue weighted by molar-refractivity contribution is -0.717. The van der Waals surface area contributed by atoms with Crippen LogP contribution >= 0.6 is 0 Å². The Morgan fingerprint density at radius 1 is 1.08 bits per heavy atom. The van der Waals surface area contributed by atoms with Crippen molar-refractivity contribution in [2.75, 3.05) is 6.61 Å². The Kier molecular flexibility index (Phi) is 5.74. The fraction of sp³-hybridized carbons (Fsp3) is 0.318. The van der Waals surface area contributed by atoms with Gasteiger partial charge in [-0.05, 0) is 13.0 Å². The van der Waals surface area contributed by atoms with Crippen LogP contribution in [-0.2, 0) is 11.3 Å². The van der Waals surface area contributed by atoms with Crippen molar-refractivity contribution in [3.05, 3.63) is 71.5 Å². The van der Waals surface area contributed by atoms with Crippen LogP contribution in [0.5, 0.6) is 0 Å². The van der Waals surface area contributed by atoms with E-state index in [2.05, 4.69) is 43.4 Å². The van der Waals surface area contributed by atoms with Crippen LogP contribution in [0.15, 0.2) is 59.0 Å². The fourth-order valence-corrected chi connectivity index (χ4v) is 3.38. The number of nitrogens with two attached hydrogens (primary N) is 1. The second-order valence-electron chi connectivity index (χ2n) is 6.75. The van der Waals surface area contributed by atoms with Gasteiger partial charge in [0.2, 0.25) is 5.76 Å². The van der Waals surface area contributed by atoms with E-state index in [0.29, 0.717) is 30.9 Å². The number of carbonyl (C=O) groups excluding carboxylic acids is 1. The monoisotopic (exact) mass is 352 g/mol. The second kappa shape index (κ2) is 8.19. The average Bonchev–Trinajstić information content (AvgIpc) is 3.02. The highest BCUT2D eigenvalue weighted by Gasteiger charge is 2.25. The standard InChI is InChI=1S/C22H25NO3/c1-4-25-22(24)21-18(17-12-8-9-13-19(17)26-21)14-23-20(15(2)3)16-10-6-5-7-11-16/h5-13,15,20,23H,4,14H2,1-3H3/p+1/t20-/m1/s1. The lowest BCUT2D eigenvalue weighted by Gasteiger charge is -2.19. The minimum atomic E-state index is -0.395. The average molecular weight is 352 g/mol. The Bertz CT molecular complexity index is 867. The first kappa shape index (κ1) is 18.2. The molecule has 26 heavy (non-hydrogen) atoms. The zero-order chi connectivity index (χ0) is 18.5. The van der Waals surface area contributed by atoms with Crippen LogP contribution in [0.25, 0.3) is 11.0 Å². The third-order valence-corrected chi connectivity index (χ3v) is 4.64. The summed E-state index contributed by atoms with van der Waals surface area (Å²) in [5, 5.41) is 3.25. The highest BCUT2D eigenvalue weighted by molar-refractivity contribution is 5.95. The van der Waals surface area contributed by atoms with Gasteiger partial charge in [0.15, 0.2) is 0 Å². The van der Waals surface area contributed by atoms with E-state index in [-0.39, 0.29) is 0 Å². The first-order valence-electron chi connectivity index (χ1n) is 9.17. The number of rotatable bonds is 7. The van der Waals surface area contributed by atoms with E-state index in [0.717, 1.165) is 16.5 Å². The van der Waals surface area contributed by atoms with Gasteiger partial charge >= 0.3 is 5.97 Å². The van der Waals surface area contributed by atoms with Crippen molar-refractivity contribution in [2.45, 2.75) is 33.4 Å². The lowest BCUT2D eigenvalue weighted by Crippen LogP contribution is -2.84. The Hall–Kier alpha value is -2.59. The molecule has 0 unspecified atom stereocenters. The zero-order valence-electron chi connectivity index (χ0n) is 15.6. The Morgan fingerprint density at radius 2 is 1.77 bits per heavy atom. The molecule has 3 rings (SSSR count). The maximum atomic E-state index is 12.4. The van der Waals surface area contributed by atoms with Crippen LogP contribution in [0.4, 0.5) is 0 Å². The van der Waals surface area contributed by atoms with Crippen LogP contribution in [0.2, 0.25) is 0 Å². The maximum absolute atomic E-state index is 12.4. The van der Waals surface area contributed by atoms with Gasteiger partial charge in [0, 0.05) is 16.9 Å². The number of hydrogen-bond acceptors (Lipinski definition) is 3. The van der Waals surface area contributed by atoms with Gasteiger partial charge in [-0.25, -0.2) is 4.79 Å². The summed E-state index contributed by atoms with van der Waals surface area (Å²) in [6.45, 7) is 7.22. The predicted molar refractivity (Wildman–Crippen MR) is 102 cm³/mol. The molecule has 0 aliphatic rings. The quantitative estimate of drug-likeness (QED) is 0.652. The molecule has 1 atom stereocenters. The molecule has 0 aliphatic heterocycles. The van der Waals surface area contributed by atoms with Crippen LogP contribution in [0.1, 0.15) is 48.5 Å². The molecule has 1 heterocycles. The fourth-order valence-electron chi connectivity index (χ4n) is 3.38. The van der Waals surface area contributed by atoms with Crippen LogP contribution in [0.3, 0.4) is 0 Å². The first-order valence-corrected chi connectivity index (χ1v) is 9.17. The minimum Gasteiger partial charge on any atom is -0.460 e. The first-order chi connectivity index (χ1) is 12.6. The number of benzene rings is 2. The summed E-state index contributed by atoms with van der Waals surface area (Å²) in [5.41, 5.74) is 2.91. The van der Waals surface area contributed by atoms with Crippen molar-refractivity contribution >= 4 is 16.9 Å². The molecular formula is C22H26NO3+. The number of ether oxygens (including phenoxy) is 1. The molecule has 0 radical (unpaired) electrons. The molecular weight excluding hydrogens is 326 g/mol. The molecule has 2 N–H and O–H groups in total. The number of furan rings is 1. The molecule has 1 aromatic heterocycles. The maximum Gasteiger partial charge on any atom is 0.374 e. The van der Waals surface area contributed by atoms with E-state index in [1.165, 1.54) is 5.56 Å². The van der Waals surface area contributed by atoms with Crippen molar-refractivity contribution in [1.29, 1.82) is 0 Å². The molecule has 2 aromatic carbocycles. The number of fused-ring (bicyclic) bond motifs is 1. The van der Waals surface area contributed by atoms with E-state index in [1.807, 2.05) is 30.3 Å². The van der Waals surface area contributed by atoms with Gasteiger partial charge in [0.1, 0.15) is 18.2 Å². The smallest absolute Gasteiger partial charge is 0.374 e. The molecule has 136 valence electrons. The van der Waals surface area contributed by atoms with Gasteiger partial charge in [-0.15, -0.1) is 0 Å². The predicted octanol–water partition coefficient (Wildman–Crippen LogP) is 4.07. The lowest BCUT2D eigenvalue weighted by atomic mass is 9.95. The van der Waals surface area contributed by atoms with Crippen LogP contribution in [-0.4, -0.2) is 12.6 Å². The zero-order valence-corrected chi connectivity index (χ0v) is 15.6. The number of carbonyl (C=O) groups is 1. The summed E-state index contributed by atoms with van der Waals surface area (Å²) in [7, 11) is 0. The molecule has 0 bridgehead atoms. The van der Waals surface area contributed by atoms with Crippen molar-refractivity contribution < 1.29 is 19.3 Å². The van der Waals surface area contributed by atoms with Gasteiger partial charge in [-0.2, -0.15) is 0 Å². The van der Waals surface area contributed by atoms with Gasteiger partial charge in [-0.1, -0.05) is 62.4 Å². The van der Waals surface area contributed by atoms with Crippen LogP contribution in [0, 0.1) is 5.92 Å². The van der Waals surface area contributed by atoms with E-state index >= 15 is 0 Å². The molecule has 4 nitrogen and oxygen atoms in total. The summed E-state index contributed by atoms with van der Waals surface area (Å²) < 4.78 is 11.0. The molecule has 0 aliphatic carbocycles. The summed E-state index contributed by atoms with van der Waals surface area (Å²) in [6, 6.07) is 18.5. The summed E-state index contributed by atoms with van der Waals surface area (Å²) in [6.07, 6.45) is 0. The summed E-state index contributed by atoms with van der Waals surface area (Å²) in [4.78, 5) is 12.4. The van der Waals surface area contributed by atoms with Crippen molar-refractivity contribution in [3.63, 3.8) is 0 Å². The summed E-state index contributed by atoms with van der Waals surface area (Å²) in [5.74, 6) is 0.384. The van der Waals surface area contributed by atoms with Crippen molar-refractivity contribution in [1.82, 2.24) is 0 Å². The van der Waals surface area contributed by atoms with Crippen molar-refractivity contribution in [3.8, 4) is 0 Å². The van der Waals surface area contributed by atoms with Crippen molar-refractivity contribution in [2.24, 2.45) is 5.92 Å². The molecule has 0 saturated heterocycles. The van der Waals surface area contributed by atoms with Gasteiger partial charge in [0.25, 0.3) is 0 Å². The topological polar surface area (TPSA) is 56.0 Å². The molecule has 3 aromatic rings. The second-order valence-corrected chi connectivity index (χ2v) is 6.75. The van der Waals surface area contributed by atoms with E-state index in [4.69, 9.17) is 9.15 Å². The largest absolute Gasteiger partial charge is 0.460 e. The SMILES string of the molecule is CCOC(=O)c1oc2ccccc2c1C[NH2+][C@@H](c1ccccc1)C(C)C. The number of para-hydroxylation sites is 1. The Labute approximate surface area is 154 Å². The Balaban J connectivity index is 1.92. The third kappa shape index (κ3) is 3.81. The molecule has 4 heteroatoms. The highest BCUT2D eigenvalue weighted by atomic mass is 16.5. The summed E-state index contributed by atoms with van der Waals surface area (Å²) >= 11 is 0. The number of quaternary nitrogens is 1. The normalized spacial score (nSPS) is 12.5. The van der Waals surface area contributed by atoms with E-state index in [1.54, 1.807) is 6.92 Å². The van der Waals surface area contributed by atoms with Gasteiger partial charge < -0.3 is 14.5 Å². The van der Waals surface area contributed by atoms with Gasteiger partial charge in [-0.3, -0.25) is 0 Å². The molecule has 0 fully saturated rings. The Morgan fingerprint density at radius 3 is 2.46 bits per heavy atom. The number of hydrogen-bond donors (Lipinski definition) is 1. The number of esters is 1. The molecule has 0 spiro atoms. The minimum absolute atomic E-state index is 0.305. The highest BCUT2D eigenvalue weighted by Crippen LogP contribution is 2.26.